The Bertz CT molecular complexity index is 758. The van der Waals surface area contributed by atoms with Crippen LogP contribution in [0.1, 0.15) is 56.0 Å². The highest BCUT2D eigenvalue weighted by Crippen LogP contribution is 2.41. The number of nitrogens with zero attached hydrogens (tertiary/aromatic N) is 1. The molecule has 4 heteroatoms. The fourth-order valence-corrected chi connectivity index (χ4v) is 3.88. The van der Waals surface area contributed by atoms with Gasteiger partial charge in [0.15, 0.2) is 11.5 Å². The molecule has 2 aliphatic rings. The van der Waals surface area contributed by atoms with E-state index in [2.05, 4.69) is 17.0 Å². The van der Waals surface area contributed by atoms with Crippen LogP contribution in [0.5, 0.6) is 17.2 Å². The summed E-state index contributed by atoms with van der Waals surface area (Å²) in [5, 5.41) is 10.1. The number of benzene rings is 2. The van der Waals surface area contributed by atoms with Crippen LogP contribution < -0.4 is 9.47 Å². The molecule has 0 aromatic heterocycles. The summed E-state index contributed by atoms with van der Waals surface area (Å²) in [6.07, 6.45) is 1.97. The van der Waals surface area contributed by atoms with E-state index in [1.807, 2.05) is 45.9 Å². The van der Waals surface area contributed by atoms with Gasteiger partial charge in [-0.25, -0.2) is 0 Å². The van der Waals surface area contributed by atoms with Crippen LogP contribution in [0.25, 0.3) is 0 Å². The lowest BCUT2D eigenvalue weighted by Crippen LogP contribution is -2.39. The van der Waals surface area contributed by atoms with Crippen LogP contribution in [0.2, 0.25) is 0 Å². The Hall–Kier alpha value is -2.20. The highest BCUT2D eigenvalue weighted by atomic mass is 16.5. The van der Waals surface area contributed by atoms with Crippen molar-refractivity contribution < 1.29 is 14.6 Å². The van der Waals surface area contributed by atoms with Crippen LogP contribution >= 0.6 is 0 Å². The van der Waals surface area contributed by atoms with Crippen LogP contribution in [0.3, 0.4) is 0 Å². The normalized spacial score (nSPS) is 17.0. The third kappa shape index (κ3) is 4.22. The third-order valence-electron chi connectivity index (χ3n) is 5.11. The first-order valence-electron chi connectivity index (χ1n) is 9.99. The maximum atomic E-state index is 10.1. The first kappa shape index (κ1) is 21.1. The molecule has 0 saturated carbocycles. The second-order valence-corrected chi connectivity index (χ2v) is 6.30. The monoisotopic (exact) mass is 371 g/mol. The maximum Gasteiger partial charge on any atom is 0.160 e. The SMILES string of the molecule is CC.CC.COc1ccc2c(c1)CCN1Cc3cc(OC)c(O)cc3CC21. The summed E-state index contributed by atoms with van der Waals surface area (Å²) in [5.74, 6) is 1.71. The Morgan fingerprint density at radius 2 is 1.67 bits per heavy atom. The van der Waals surface area contributed by atoms with Gasteiger partial charge in [0.2, 0.25) is 0 Å². The van der Waals surface area contributed by atoms with Crippen molar-refractivity contribution >= 4 is 0 Å². The summed E-state index contributed by atoms with van der Waals surface area (Å²) >= 11 is 0. The highest BCUT2D eigenvalue weighted by Gasteiger charge is 2.32. The summed E-state index contributed by atoms with van der Waals surface area (Å²) in [7, 11) is 3.31. The van der Waals surface area contributed by atoms with E-state index in [4.69, 9.17) is 9.47 Å². The van der Waals surface area contributed by atoms with Crippen LogP contribution in [0.4, 0.5) is 0 Å². The topological polar surface area (TPSA) is 41.9 Å². The van der Waals surface area contributed by atoms with Gasteiger partial charge >= 0.3 is 0 Å². The Morgan fingerprint density at radius 3 is 2.33 bits per heavy atom. The molecule has 2 aliphatic heterocycles. The molecule has 0 aliphatic carbocycles. The number of ether oxygens (including phenoxy) is 2. The van der Waals surface area contributed by atoms with Crippen molar-refractivity contribution in [3.05, 3.63) is 52.6 Å². The lowest BCUT2D eigenvalue weighted by Gasteiger charge is -2.41. The van der Waals surface area contributed by atoms with E-state index in [9.17, 15) is 5.11 Å². The van der Waals surface area contributed by atoms with Crippen molar-refractivity contribution in [3.63, 3.8) is 0 Å². The molecule has 0 saturated heterocycles. The van der Waals surface area contributed by atoms with Gasteiger partial charge in [-0.1, -0.05) is 33.8 Å². The summed E-state index contributed by atoms with van der Waals surface area (Å²) in [6.45, 7) is 9.95. The Kier molecular flexibility index (Phi) is 7.55. The van der Waals surface area contributed by atoms with Gasteiger partial charge in [-0.05, 0) is 59.4 Å². The predicted molar refractivity (Wildman–Crippen MR) is 111 cm³/mol. The molecule has 2 heterocycles. The molecule has 0 amide bonds. The molecule has 1 N–H and O–H groups in total. The number of fused-ring (bicyclic) bond motifs is 4. The number of aromatic hydroxyl groups is 1. The van der Waals surface area contributed by atoms with Gasteiger partial charge in [0.1, 0.15) is 5.75 Å². The largest absolute Gasteiger partial charge is 0.504 e. The second kappa shape index (κ2) is 9.65. The van der Waals surface area contributed by atoms with E-state index < -0.39 is 0 Å². The fraction of sp³-hybridized carbons (Fsp3) is 0.478. The van der Waals surface area contributed by atoms with Crippen LogP contribution in [-0.4, -0.2) is 30.8 Å². The minimum atomic E-state index is 0.227. The van der Waals surface area contributed by atoms with Gasteiger partial charge in [0.25, 0.3) is 0 Å². The zero-order chi connectivity index (χ0) is 20.0. The van der Waals surface area contributed by atoms with Crippen molar-refractivity contribution in [1.82, 2.24) is 4.90 Å². The molecule has 0 radical (unpaired) electrons. The summed E-state index contributed by atoms with van der Waals surface area (Å²) in [6, 6.07) is 10.6. The van der Waals surface area contributed by atoms with Crippen molar-refractivity contribution in [2.24, 2.45) is 0 Å². The summed E-state index contributed by atoms with van der Waals surface area (Å²) in [5.41, 5.74) is 5.24. The number of rotatable bonds is 2. The molecule has 148 valence electrons. The standard InChI is InChI=1S/C19H21NO3.2C2H6/c1-22-15-3-4-16-12(7-15)5-6-20-11-14-10-19(23-2)18(21)9-13(14)8-17(16)20;2*1-2/h3-4,7,9-10,17,21H,5-6,8,11H2,1-2H3;2*1-2H3. The third-order valence-corrected chi connectivity index (χ3v) is 5.11. The molecule has 4 rings (SSSR count). The lowest BCUT2D eigenvalue weighted by molar-refractivity contribution is 0.160. The Labute approximate surface area is 163 Å². The van der Waals surface area contributed by atoms with Gasteiger partial charge < -0.3 is 14.6 Å². The average Bonchev–Trinajstić information content (AvgIpc) is 2.74. The summed E-state index contributed by atoms with van der Waals surface area (Å²) in [4.78, 5) is 2.52. The minimum absolute atomic E-state index is 0.227. The smallest absolute Gasteiger partial charge is 0.160 e. The van der Waals surface area contributed by atoms with Crippen molar-refractivity contribution in [2.75, 3.05) is 20.8 Å². The van der Waals surface area contributed by atoms with Gasteiger partial charge in [0.05, 0.1) is 14.2 Å². The maximum absolute atomic E-state index is 10.1. The van der Waals surface area contributed by atoms with Gasteiger partial charge in [-0.3, -0.25) is 4.90 Å². The van der Waals surface area contributed by atoms with Crippen LogP contribution in [0, 0.1) is 0 Å². The zero-order valence-corrected chi connectivity index (χ0v) is 17.5. The molecule has 0 spiro atoms. The van der Waals surface area contributed by atoms with Crippen LogP contribution in [0.15, 0.2) is 30.3 Å². The molecule has 27 heavy (non-hydrogen) atoms. The first-order valence-corrected chi connectivity index (χ1v) is 9.99. The van der Waals surface area contributed by atoms with Gasteiger partial charge in [-0.15, -0.1) is 0 Å². The van der Waals surface area contributed by atoms with Gasteiger partial charge in [0, 0.05) is 19.1 Å². The van der Waals surface area contributed by atoms with E-state index in [0.29, 0.717) is 11.8 Å². The number of hydrogen-bond donors (Lipinski definition) is 1. The summed E-state index contributed by atoms with van der Waals surface area (Å²) < 4.78 is 10.6. The predicted octanol–water partition coefficient (Wildman–Crippen LogP) is 5.12. The van der Waals surface area contributed by atoms with Crippen molar-refractivity contribution in [1.29, 1.82) is 0 Å². The molecule has 0 bridgehead atoms. The van der Waals surface area contributed by atoms with E-state index in [1.54, 1.807) is 14.2 Å². The first-order chi connectivity index (χ1) is 13.2. The molecule has 4 nitrogen and oxygen atoms in total. The molecule has 1 atom stereocenters. The minimum Gasteiger partial charge on any atom is -0.504 e. The second-order valence-electron chi connectivity index (χ2n) is 6.30. The van der Waals surface area contributed by atoms with Crippen LogP contribution in [-0.2, 0) is 19.4 Å². The fourth-order valence-electron chi connectivity index (χ4n) is 3.88. The molecule has 1 unspecified atom stereocenters. The highest BCUT2D eigenvalue weighted by molar-refractivity contribution is 5.49. The molecule has 0 fully saturated rings. The average molecular weight is 372 g/mol. The van der Waals surface area contributed by atoms with E-state index in [0.717, 1.165) is 31.7 Å². The molecule has 2 aromatic rings. The molecular formula is C23H33NO3. The lowest BCUT2D eigenvalue weighted by atomic mass is 9.84. The van der Waals surface area contributed by atoms with E-state index in [-0.39, 0.29) is 5.75 Å². The quantitative estimate of drug-likeness (QED) is 0.796. The van der Waals surface area contributed by atoms with Crippen molar-refractivity contribution in [2.45, 2.75) is 53.1 Å². The molecule has 2 aromatic carbocycles. The van der Waals surface area contributed by atoms with E-state index in [1.165, 1.54) is 22.3 Å². The number of phenolic OH excluding ortho intramolecular Hbond substituents is 1. The number of hydrogen-bond acceptors (Lipinski definition) is 4. The Morgan fingerprint density at radius 1 is 0.926 bits per heavy atom. The zero-order valence-electron chi connectivity index (χ0n) is 17.5. The van der Waals surface area contributed by atoms with Gasteiger partial charge in [-0.2, -0.15) is 0 Å². The van der Waals surface area contributed by atoms with Crippen molar-refractivity contribution in [3.8, 4) is 17.2 Å². The Balaban J connectivity index is 0.000000614. The van der Waals surface area contributed by atoms with E-state index >= 15 is 0 Å². The molecular weight excluding hydrogens is 338 g/mol. The number of methoxy groups -OCH3 is 2. The number of phenols is 1.